The molecule has 32 heavy (non-hydrogen) atoms. The zero-order valence-corrected chi connectivity index (χ0v) is 17.5. The second-order valence-corrected chi connectivity index (χ2v) is 7.70. The number of ether oxygens (including phenoxy) is 1. The number of methoxy groups -OCH3 is 1. The molecule has 0 spiro atoms. The van der Waals surface area contributed by atoms with Crippen LogP contribution < -0.4 is 10.1 Å². The highest BCUT2D eigenvalue weighted by atomic mass is 19.1. The number of nitrogens with zero attached hydrogens (tertiary/aromatic N) is 2. The van der Waals surface area contributed by atoms with Crippen molar-refractivity contribution in [2.75, 3.05) is 19.0 Å². The molecule has 1 aliphatic heterocycles. The molecule has 2 amide bonds. The number of likely N-dealkylation sites (tertiary alicyclic amines) is 1. The number of oxazole rings is 1. The number of halogens is 1. The van der Waals surface area contributed by atoms with Crippen LogP contribution in [0.2, 0.25) is 0 Å². The van der Waals surface area contributed by atoms with Gasteiger partial charge < -0.3 is 19.4 Å². The Hall–Kier alpha value is -3.87. The van der Waals surface area contributed by atoms with Crippen molar-refractivity contribution in [2.45, 2.75) is 18.9 Å². The lowest BCUT2D eigenvalue weighted by Gasteiger charge is -2.23. The van der Waals surface area contributed by atoms with Gasteiger partial charge in [0.15, 0.2) is 5.58 Å². The number of aromatic nitrogens is 1. The van der Waals surface area contributed by atoms with Crippen LogP contribution in [0.4, 0.5) is 14.9 Å². The summed E-state index contributed by atoms with van der Waals surface area (Å²) in [6.45, 7) is 0.602. The maximum atomic E-state index is 14.2. The summed E-state index contributed by atoms with van der Waals surface area (Å²) >= 11 is 0. The number of para-hydroxylation sites is 2. The molecule has 4 aromatic rings. The Morgan fingerprint density at radius 1 is 1.16 bits per heavy atom. The maximum Gasteiger partial charge on any atom is 0.322 e. The van der Waals surface area contributed by atoms with Gasteiger partial charge in [0.2, 0.25) is 5.89 Å². The summed E-state index contributed by atoms with van der Waals surface area (Å²) < 4.78 is 25.5. The van der Waals surface area contributed by atoms with Gasteiger partial charge in [-0.15, -0.1) is 0 Å². The van der Waals surface area contributed by atoms with E-state index in [2.05, 4.69) is 10.3 Å². The van der Waals surface area contributed by atoms with E-state index in [1.165, 1.54) is 6.07 Å². The quantitative estimate of drug-likeness (QED) is 0.430. The van der Waals surface area contributed by atoms with Crippen LogP contribution in [0.5, 0.6) is 5.75 Å². The van der Waals surface area contributed by atoms with E-state index in [4.69, 9.17) is 9.15 Å². The molecule has 3 aromatic carbocycles. The predicted octanol–water partition coefficient (Wildman–Crippen LogP) is 6.01. The van der Waals surface area contributed by atoms with Gasteiger partial charge in [-0.2, -0.15) is 0 Å². The molecule has 0 bridgehead atoms. The lowest BCUT2D eigenvalue weighted by Crippen LogP contribution is -2.34. The molecule has 1 saturated heterocycles. The summed E-state index contributed by atoms with van der Waals surface area (Å²) in [5.41, 5.74) is 3.10. The zero-order valence-electron chi connectivity index (χ0n) is 17.5. The van der Waals surface area contributed by atoms with Gasteiger partial charge in [-0.3, -0.25) is 0 Å². The number of urea groups is 1. The number of carbonyl (C=O) groups is 1. The van der Waals surface area contributed by atoms with Crippen LogP contribution in [0.1, 0.15) is 24.8 Å². The lowest BCUT2D eigenvalue weighted by atomic mass is 10.0. The third-order valence-corrected chi connectivity index (χ3v) is 5.74. The Kier molecular flexibility index (Phi) is 5.23. The van der Waals surface area contributed by atoms with Crippen molar-refractivity contribution < 1.29 is 18.3 Å². The second-order valence-electron chi connectivity index (χ2n) is 7.70. The first-order valence-corrected chi connectivity index (χ1v) is 10.5. The molecule has 162 valence electrons. The molecule has 0 radical (unpaired) electrons. The standard InChI is InChI=1S/C25H22FN3O3/c1-31-22-11-5-4-9-19(22)28-25(30)29-14-6-10-21(29)24-27-20-15-16(12-13-23(20)32-24)17-7-2-3-8-18(17)26/h2-5,7-9,11-13,15,21H,6,10,14H2,1H3,(H,28,30). The molecule has 1 atom stereocenters. The van der Waals surface area contributed by atoms with Gasteiger partial charge in [0.05, 0.1) is 12.8 Å². The normalized spacial score (nSPS) is 15.8. The highest BCUT2D eigenvalue weighted by Crippen LogP contribution is 2.35. The molecule has 2 heterocycles. The van der Waals surface area contributed by atoms with E-state index in [-0.39, 0.29) is 17.9 Å². The van der Waals surface area contributed by atoms with Crippen LogP contribution in [0, 0.1) is 5.82 Å². The van der Waals surface area contributed by atoms with E-state index >= 15 is 0 Å². The summed E-state index contributed by atoms with van der Waals surface area (Å²) in [7, 11) is 1.57. The van der Waals surface area contributed by atoms with Gasteiger partial charge >= 0.3 is 6.03 Å². The number of rotatable bonds is 4. The summed E-state index contributed by atoms with van der Waals surface area (Å²) in [6, 6.07) is 18.8. The highest BCUT2D eigenvalue weighted by Gasteiger charge is 2.34. The first kappa shape index (κ1) is 20.1. The van der Waals surface area contributed by atoms with E-state index in [0.717, 1.165) is 18.4 Å². The maximum absolute atomic E-state index is 14.2. The minimum Gasteiger partial charge on any atom is -0.495 e. The van der Waals surface area contributed by atoms with Crippen LogP contribution in [0.15, 0.2) is 71.1 Å². The van der Waals surface area contributed by atoms with Crippen molar-refractivity contribution in [2.24, 2.45) is 0 Å². The SMILES string of the molecule is COc1ccccc1NC(=O)N1CCCC1c1nc2cc(-c3ccccc3F)ccc2o1. The van der Waals surface area contributed by atoms with Crippen molar-refractivity contribution in [1.82, 2.24) is 9.88 Å². The second kappa shape index (κ2) is 8.34. The molecule has 0 saturated carbocycles. The molecule has 0 aliphatic carbocycles. The molecule has 5 rings (SSSR count). The molecular weight excluding hydrogens is 409 g/mol. The van der Waals surface area contributed by atoms with Gasteiger partial charge in [-0.25, -0.2) is 14.2 Å². The van der Waals surface area contributed by atoms with Gasteiger partial charge in [0.1, 0.15) is 23.1 Å². The molecule has 1 aromatic heterocycles. The first-order chi connectivity index (χ1) is 15.6. The van der Waals surface area contributed by atoms with Gasteiger partial charge in [-0.1, -0.05) is 36.4 Å². The van der Waals surface area contributed by atoms with Crippen LogP contribution in [0.25, 0.3) is 22.2 Å². The average molecular weight is 431 g/mol. The van der Waals surface area contributed by atoms with Crippen molar-refractivity contribution in [1.29, 1.82) is 0 Å². The van der Waals surface area contributed by atoms with E-state index < -0.39 is 0 Å². The van der Waals surface area contributed by atoms with Crippen LogP contribution in [-0.4, -0.2) is 29.6 Å². The number of hydrogen-bond donors (Lipinski definition) is 1. The van der Waals surface area contributed by atoms with E-state index in [1.54, 1.807) is 48.4 Å². The molecule has 1 aliphatic rings. The third-order valence-electron chi connectivity index (χ3n) is 5.74. The van der Waals surface area contributed by atoms with Crippen LogP contribution in [0.3, 0.4) is 0 Å². The number of anilines is 1. The minimum atomic E-state index is -0.287. The summed E-state index contributed by atoms with van der Waals surface area (Å²) in [5.74, 6) is 0.794. The van der Waals surface area contributed by atoms with Crippen LogP contribution >= 0.6 is 0 Å². The van der Waals surface area contributed by atoms with Gasteiger partial charge in [-0.05, 0) is 48.7 Å². The Morgan fingerprint density at radius 3 is 2.81 bits per heavy atom. The number of fused-ring (bicyclic) bond motifs is 1. The van der Waals surface area contributed by atoms with Crippen molar-refractivity contribution in [3.8, 4) is 16.9 Å². The average Bonchev–Trinajstić information content (AvgIpc) is 3.46. The number of hydrogen-bond acceptors (Lipinski definition) is 4. The van der Waals surface area contributed by atoms with E-state index in [1.807, 2.05) is 24.3 Å². The van der Waals surface area contributed by atoms with Crippen molar-refractivity contribution in [3.63, 3.8) is 0 Å². The van der Waals surface area contributed by atoms with Crippen molar-refractivity contribution in [3.05, 3.63) is 78.4 Å². The number of nitrogens with one attached hydrogen (secondary N) is 1. The molecule has 1 N–H and O–H groups in total. The fraction of sp³-hybridized carbons (Fsp3) is 0.200. The van der Waals surface area contributed by atoms with Crippen LogP contribution in [-0.2, 0) is 0 Å². The number of amides is 2. The Labute approximate surface area is 184 Å². The van der Waals surface area contributed by atoms with Crippen molar-refractivity contribution >= 4 is 22.8 Å². The fourth-order valence-corrected chi connectivity index (χ4v) is 4.15. The predicted molar refractivity (Wildman–Crippen MR) is 120 cm³/mol. The Bertz CT molecular complexity index is 1290. The third kappa shape index (κ3) is 3.66. The number of carbonyl (C=O) groups excluding carboxylic acids is 1. The smallest absolute Gasteiger partial charge is 0.322 e. The Morgan fingerprint density at radius 2 is 1.97 bits per heavy atom. The number of benzene rings is 3. The summed E-state index contributed by atoms with van der Waals surface area (Å²) in [6.07, 6.45) is 1.61. The fourth-order valence-electron chi connectivity index (χ4n) is 4.15. The van der Waals surface area contributed by atoms with Gasteiger partial charge in [0, 0.05) is 12.1 Å². The molecule has 7 heteroatoms. The topological polar surface area (TPSA) is 67.6 Å². The monoisotopic (exact) mass is 431 g/mol. The summed E-state index contributed by atoms with van der Waals surface area (Å²) in [4.78, 5) is 19.4. The molecular formula is C25H22FN3O3. The van der Waals surface area contributed by atoms with Gasteiger partial charge in [0.25, 0.3) is 0 Å². The molecule has 6 nitrogen and oxygen atoms in total. The summed E-state index contributed by atoms with van der Waals surface area (Å²) in [5, 5.41) is 2.92. The highest BCUT2D eigenvalue weighted by molar-refractivity contribution is 5.91. The minimum absolute atomic E-state index is 0.230. The molecule has 1 unspecified atom stereocenters. The zero-order chi connectivity index (χ0) is 22.1. The Balaban J connectivity index is 1.41. The molecule has 1 fully saturated rings. The largest absolute Gasteiger partial charge is 0.495 e. The van der Waals surface area contributed by atoms with E-state index in [9.17, 15) is 9.18 Å². The first-order valence-electron chi connectivity index (χ1n) is 10.5. The van der Waals surface area contributed by atoms with E-state index in [0.29, 0.717) is 40.5 Å². The lowest BCUT2D eigenvalue weighted by molar-refractivity contribution is 0.198.